The van der Waals surface area contributed by atoms with Crippen LogP contribution in [0.2, 0.25) is 0 Å². The Morgan fingerprint density at radius 1 is 1.29 bits per heavy atom. The smallest absolute Gasteiger partial charge is 0.287 e. The summed E-state index contributed by atoms with van der Waals surface area (Å²) in [5, 5.41) is 0. The summed E-state index contributed by atoms with van der Waals surface area (Å²) >= 11 is 0. The third-order valence-electron chi connectivity index (χ3n) is 3.20. The predicted molar refractivity (Wildman–Crippen MR) is 62.5 cm³/mol. The lowest BCUT2D eigenvalue weighted by atomic mass is 9.94. The van der Waals surface area contributed by atoms with E-state index >= 15 is 0 Å². The maximum absolute atomic E-state index is 13.0. The topological polar surface area (TPSA) is 54.5 Å². The zero-order chi connectivity index (χ0) is 15.9. The van der Waals surface area contributed by atoms with E-state index in [2.05, 4.69) is 0 Å². The van der Waals surface area contributed by atoms with E-state index in [9.17, 15) is 31.9 Å². The Bertz CT molecular complexity index is 642. The first kappa shape index (κ1) is 15.1. The molecule has 1 aromatic rings. The quantitative estimate of drug-likeness (QED) is 0.487. The maximum atomic E-state index is 13.0. The number of Topliss-reactive ketones (excluding diaryl/α,β-unsaturated/α-hetero) is 1. The monoisotopic (exact) mass is 303 g/mol. The molecule has 1 heterocycles. The molecule has 8 heteroatoms. The Hall–Kier alpha value is -2.25. The zero-order valence-corrected chi connectivity index (χ0v) is 10.7. The zero-order valence-electron chi connectivity index (χ0n) is 10.7. The van der Waals surface area contributed by atoms with Crippen LogP contribution in [0, 0.1) is 0 Å². The number of likely N-dealkylation sites (N-methyl/N-ethyl adjacent to an activating group) is 1. The average Bonchev–Trinajstić information content (AvgIpc) is 2.43. The number of hydrogen-bond donors (Lipinski definition) is 0. The SMILES string of the molecule is CN1C(=O)Cc2ccc(C(=O)C(F)(F)C(F)F)cc2C1=O. The van der Waals surface area contributed by atoms with E-state index < -0.39 is 35.5 Å². The predicted octanol–water partition coefficient (Wildman–Crippen LogP) is 1.92. The van der Waals surface area contributed by atoms with Crippen LogP contribution in [0.4, 0.5) is 17.6 Å². The Labute approximate surface area is 116 Å². The van der Waals surface area contributed by atoms with Crippen LogP contribution >= 0.6 is 0 Å². The molecule has 2 rings (SSSR count). The minimum Gasteiger partial charge on any atom is -0.287 e. The van der Waals surface area contributed by atoms with Gasteiger partial charge in [-0.2, -0.15) is 8.78 Å². The Balaban J connectivity index is 2.45. The molecule has 1 aliphatic rings. The van der Waals surface area contributed by atoms with E-state index in [4.69, 9.17) is 0 Å². The summed E-state index contributed by atoms with van der Waals surface area (Å²) in [5.41, 5.74) is -0.553. The van der Waals surface area contributed by atoms with Gasteiger partial charge in [-0.25, -0.2) is 8.78 Å². The molecule has 0 saturated heterocycles. The molecular formula is C13H9F4NO3. The number of fused-ring (bicyclic) bond motifs is 1. The molecule has 2 amide bonds. The number of carbonyl (C=O) groups is 3. The van der Waals surface area contributed by atoms with E-state index in [-0.39, 0.29) is 17.5 Å². The largest absolute Gasteiger partial charge is 0.368 e. The number of alkyl halides is 4. The molecule has 0 aliphatic carbocycles. The summed E-state index contributed by atoms with van der Waals surface area (Å²) in [4.78, 5) is 35.5. The number of carbonyl (C=O) groups excluding carboxylic acids is 3. The molecule has 0 atom stereocenters. The Morgan fingerprint density at radius 2 is 1.90 bits per heavy atom. The van der Waals surface area contributed by atoms with Gasteiger partial charge in [0.15, 0.2) is 0 Å². The van der Waals surface area contributed by atoms with Crippen LogP contribution in [0.1, 0.15) is 26.3 Å². The molecule has 0 fully saturated rings. The van der Waals surface area contributed by atoms with Crippen LogP contribution in [-0.4, -0.2) is 41.9 Å². The molecule has 0 unspecified atom stereocenters. The van der Waals surface area contributed by atoms with Gasteiger partial charge < -0.3 is 0 Å². The van der Waals surface area contributed by atoms with Crippen molar-refractivity contribution in [2.45, 2.75) is 18.8 Å². The number of ketones is 1. The standard InChI is InChI=1S/C13H9F4NO3/c1-18-9(19)5-6-2-3-7(4-8(6)11(18)21)10(20)13(16,17)12(14)15/h2-4,12H,5H2,1H3. The third kappa shape index (κ3) is 2.41. The van der Waals surface area contributed by atoms with Crippen molar-refractivity contribution < 1.29 is 31.9 Å². The molecule has 0 radical (unpaired) electrons. The summed E-state index contributed by atoms with van der Waals surface area (Å²) in [6, 6.07) is 2.87. The first-order chi connectivity index (χ1) is 9.66. The molecule has 0 N–H and O–H groups in total. The highest BCUT2D eigenvalue weighted by atomic mass is 19.3. The molecule has 21 heavy (non-hydrogen) atoms. The fourth-order valence-electron chi connectivity index (χ4n) is 1.94. The fourth-order valence-corrected chi connectivity index (χ4v) is 1.94. The average molecular weight is 303 g/mol. The van der Waals surface area contributed by atoms with Crippen LogP contribution < -0.4 is 0 Å². The maximum Gasteiger partial charge on any atom is 0.368 e. The van der Waals surface area contributed by atoms with Crippen molar-refractivity contribution in [2.75, 3.05) is 7.05 Å². The van der Waals surface area contributed by atoms with Gasteiger partial charge in [0.1, 0.15) is 0 Å². The van der Waals surface area contributed by atoms with Crippen LogP contribution in [0.15, 0.2) is 18.2 Å². The molecule has 0 aromatic heterocycles. The summed E-state index contributed by atoms with van der Waals surface area (Å²) in [6.07, 6.45) is -4.27. The second kappa shape index (κ2) is 4.94. The Morgan fingerprint density at radius 3 is 2.48 bits per heavy atom. The molecule has 0 saturated carbocycles. The number of rotatable bonds is 3. The van der Waals surface area contributed by atoms with Crippen molar-refractivity contribution >= 4 is 17.6 Å². The first-order valence-electron chi connectivity index (χ1n) is 5.81. The van der Waals surface area contributed by atoms with E-state index in [0.717, 1.165) is 23.1 Å². The first-order valence-corrected chi connectivity index (χ1v) is 5.81. The second-order valence-corrected chi connectivity index (χ2v) is 4.56. The van der Waals surface area contributed by atoms with Gasteiger partial charge in [-0.1, -0.05) is 12.1 Å². The van der Waals surface area contributed by atoms with E-state index in [1.807, 2.05) is 0 Å². The lowest BCUT2D eigenvalue weighted by Crippen LogP contribution is -2.40. The number of halogens is 4. The summed E-state index contributed by atoms with van der Waals surface area (Å²) < 4.78 is 50.5. The molecule has 1 aromatic carbocycles. The molecule has 0 spiro atoms. The molecular weight excluding hydrogens is 294 g/mol. The molecule has 112 valence electrons. The third-order valence-corrected chi connectivity index (χ3v) is 3.20. The van der Waals surface area contributed by atoms with E-state index in [1.165, 1.54) is 7.05 Å². The van der Waals surface area contributed by atoms with Gasteiger partial charge in [0.25, 0.3) is 5.91 Å². The highest BCUT2D eigenvalue weighted by molar-refractivity contribution is 6.11. The highest BCUT2D eigenvalue weighted by Crippen LogP contribution is 2.29. The number of nitrogens with zero attached hydrogens (tertiary/aromatic N) is 1. The van der Waals surface area contributed by atoms with Crippen molar-refractivity contribution in [1.82, 2.24) is 4.90 Å². The summed E-state index contributed by atoms with van der Waals surface area (Å²) in [7, 11) is 1.20. The molecule has 4 nitrogen and oxygen atoms in total. The minimum atomic E-state index is -4.83. The highest BCUT2D eigenvalue weighted by Gasteiger charge is 2.49. The molecule has 0 bridgehead atoms. The van der Waals surface area contributed by atoms with Crippen molar-refractivity contribution in [1.29, 1.82) is 0 Å². The second-order valence-electron chi connectivity index (χ2n) is 4.56. The number of amides is 2. The Kier molecular flexibility index (Phi) is 3.56. The van der Waals surface area contributed by atoms with Gasteiger partial charge in [0.05, 0.1) is 6.42 Å². The van der Waals surface area contributed by atoms with Crippen molar-refractivity contribution in [3.63, 3.8) is 0 Å². The van der Waals surface area contributed by atoms with Gasteiger partial charge in [-0.15, -0.1) is 0 Å². The normalized spacial score (nSPS) is 15.4. The van der Waals surface area contributed by atoms with Crippen molar-refractivity contribution in [3.05, 3.63) is 34.9 Å². The lowest BCUT2D eigenvalue weighted by molar-refractivity contribution is -0.127. The summed E-state index contributed by atoms with van der Waals surface area (Å²) in [5.74, 6) is -8.14. The van der Waals surface area contributed by atoms with Crippen LogP contribution in [0.25, 0.3) is 0 Å². The van der Waals surface area contributed by atoms with Crippen LogP contribution in [0.3, 0.4) is 0 Å². The van der Waals surface area contributed by atoms with E-state index in [1.54, 1.807) is 0 Å². The van der Waals surface area contributed by atoms with Crippen LogP contribution in [-0.2, 0) is 11.2 Å². The van der Waals surface area contributed by atoms with E-state index in [0.29, 0.717) is 0 Å². The molecule has 1 aliphatic heterocycles. The number of hydrogen-bond acceptors (Lipinski definition) is 3. The number of imide groups is 1. The minimum absolute atomic E-state index is 0.118. The van der Waals surface area contributed by atoms with Gasteiger partial charge in [0.2, 0.25) is 11.7 Å². The van der Waals surface area contributed by atoms with Gasteiger partial charge in [0, 0.05) is 18.2 Å². The summed E-state index contributed by atoms with van der Waals surface area (Å²) in [6.45, 7) is 0. The fraction of sp³-hybridized carbons (Fsp3) is 0.308. The van der Waals surface area contributed by atoms with Gasteiger partial charge >= 0.3 is 12.3 Å². The van der Waals surface area contributed by atoms with Gasteiger partial charge in [-0.3, -0.25) is 19.3 Å². The van der Waals surface area contributed by atoms with Crippen LogP contribution in [0.5, 0.6) is 0 Å². The van der Waals surface area contributed by atoms with Crippen molar-refractivity contribution in [2.24, 2.45) is 0 Å². The van der Waals surface area contributed by atoms with Crippen molar-refractivity contribution in [3.8, 4) is 0 Å². The number of benzene rings is 1. The lowest BCUT2D eigenvalue weighted by Gasteiger charge is -2.23. The van der Waals surface area contributed by atoms with Gasteiger partial charge in [-0.05, 0) is 11.6 Å².